The molecule has 0 rings (SSSR count). The molecule has 2 unspecified atom stereocenters. The van der Waals surface area contributed by atoms with Crippen LogP contribution in [0.15, 0.2) is 24.3 Å². The molecule has 8 heteroatoms. The van der Waals surface area contributed by atoms with E-state index in [9.17, 15) is 19.5 Å². The number of unbranched alkanes of at least 4 members (excludes halogenated alkanes) is 38. The second-order valence-electron chi connectivity index (χ2n) is 21.9. The van der Waals surface area contributed by atoms with Crippen molar-refractivity contribution >= 4 is 17.9 Å². The number of carboxylic acids is 1. The van der Waals surface area contributed by atoms with E-state index >= 15 is 0 Å². The Morgan fingerprint density at radius 3 is 1.10 bits per heavy atom. The zero-order valence-corrected chi connectivity index (χ0v) is 47.2. The third kappa shape index (κ3) is 50.7. The Morgan fingerprint density at radius 2 is 0.757 bits per heavy atom. The van der Waals surface area contributed by atoms with Crippen molar-refractivity contribution in [1.82, 2.24) is 0 Å². The first-order valence-corrected chi connectivity index (χ1v) is 30.4. The number of carbonyl (C=O) groups is 3. The molecule has 0 heterocycles. The molecule has 0 saturated carbocycles. The number of carbonyl (C=O) groups excluding carboxylic acids is 3. The number of allylic oxidation sites excluding steroid dienone is 4. The van der Waals surface area contributed by atoms with Crippen molar-refractivity contribution in [3.63, 3.8) is 0 Å². The molecule has 0 aliphatic rings. The summed E-state index contributed by atoms with van der Waals surface area (Å²) in [5.41, 5.74) is 0. The summed E-state index contributed by atoms with van der Waals surface area (Å²) in [6.45, 7) is 4.72. The summed E-state index contributed by atoms with van der Waals surface area (Å²) < 4.78 is 17.3. The predicted octanol–water partition coefficient (Wildman–Crippen LogP) is 17.0. The summed E-state index contributed by atoms with van der Waals surface area (Å²) in [5.74, 6) is -1.71. The largest absolute Gasteiger partial charge is 0.544 e. The maximum absolute atomic E-state index is 12.8. The Hall–Kier alpha value is -2.19. The van der Waals surface area contributed by atoms with Gasteiger partial charge in [0, 0.05) is 19.3 Å². The van der Waals surface area contributed by atoms with Gasteiger partial charge in [-0.15, -0.1) is 0 Å². The quantitative estimate of drug-likeness (QED) is 0.0259. The number of hydrogen-bond acceptors (Lipinski definition) is 7. The number of nitrogens with zero attached hydrogens (tertiary/aromatic N) is 1. The molecule has 0 saturated heterocycles. The molecule has 0 fully saturated rings. The highest BCUT2D eigenvalue weighted by molar-refractivity contribution is 5.70. The van der Waals surface area contributed by atoms with E-state index in [1.807, 2.05) is 21.1 Å². The van der Waals surface area contributed by atoms with Crippen molar-refractivity contribution in [3.05, 3.63) is 24.3 Å². The molecule has 0 bridgehead atoms. The third-order valence-corrected chi connectivity index (χ3v) is 14.1. The Labute approximate surface area is 434 Å². The van der Waals surface area contributed by atoms with Gasteiger partial charge in [0.1, 0.15) is 12.6 Å². The maximum Gasteiger partial charge on any atom is 0.306 e. The van der Waals surface area contributed by atoms with Gasteiger partial charge in [0.25, 0.3) is 0 Å². The fraction of sp³-hybridized carbons (Fsp3) is 0.887. The molecule has 0 spiro atoms. The van der Waals surface area contributed by atoms with Crippen LogP contribution in [-0.2, 0) is 28.6 Å². The van der Waals surface area contributed by atoms with Gasteiger partial charge >= 0.3 is 11.9 Å². The van der Waals surface area contributed by atoms with Crippen LogP contribution in [0, 0.1) is 0 Å². The van der Waals surface area contributed by atoms with Gasteiger partial charge in [-0.25, -0.2) is 0 Å². The van der Waals surface area contributed by atoms with Gasteiger partial charge < -0.3 is 28.6 Å². The lowest BCUT2D eigenvalue weighted by Crippen LogP contribution is -2.55. The van der Waals surface area contributed by atoms with Gasteiger partial charge in [0.15, 0.2) is 6.10 Å². The first-order chi connectivity index (χ1) is 34.1. The van der Waals surface area contributed by atoms with Crippen molar-refractivity contribution in [2.45, 2.75) is 315 Å². The van der Waals surface area contributed by atoms with Crippen LogP contribution >= 0.6 is 0 Å². The van der Waals surface area contributed by atoms with Crippen LogP contribution < -0.4 is 5.11 Å². The molecule has 0 aliphatic carbocycles. The van der Waals surface area contributed by atoms with Gasteiger partial charge in [-0.05, 0) is 44.9 Å². The summed E-state index contributed by atoms with van der Waals surface area (Å²) in [6, 6.07) is -0.725. The number of rotatable bonds is 56. The minimum absolute atomic E-state index is 0.0453. The Morgan fingerprint density at radius 1 is 0.429 bits per heavy atom. The Kier molecular flexibility index (Phi) is 51.5. The average Bonchev–Trinajstić information content (AvgIpc) is 3.33. The van der Waals surface area contributed by atoms with E-state index in [0.717, 1.165) is 44.9 Å². The average molecular weight is 989 g/mol. The molecule has 412 valence electrons. The van der Waals surface area contributed by atoms with E-state index in [1.165, 1.54) is 225 Å². The SMILES string of the molecule is CCCCCCC/C=C\C/C=C\CCCCCCCCCCCCCC(=O)OC(COCCC(C(=O)[O-])[N+](C)(C)C)COC(=O)CCCCCCCCCCCCCCCCCCCCCCCCC. The normalized spacial score (nSPS) is 12.9. The monoisotopic (exact) mass is 988 g/mol. The van der Waals surface area contributed by atoms with Crippen LogP contribution in [0.2, 0.25) is 0 Å². The molecule has 0 radical (unpaired) electrons. The molecular weight excluding hydrogens is 871 g/mol. The first-order valence-electron chi connectivity index (χ1n) is 30.4. The zero-order valence-electron chi connectivity index (χ0n) is 47.2. The zero-order chi connectivity index (χ0) is 51.3. The summed E-state index contributed by atoms with van der Waals surface area (Å²) in [4.78, 5) is 37.2. The van der Waals surface area contributed by atoms with E-state index < -0.39 is 18.1 Å². The van der Waals surface area contributed by atoms with Crippen molar-refractivity contribution < 1.29 is 38.2 Å². The van der Waals surface area contributed by atoms with E-state index in [-0.39, 0.29) is 42.7 Å². The predicted molar refractivity (Wildman–Crippen MR) is 296 cm³/mol. The van der Waals surface area contributed by atoms with Crippen LogP contribution in [0.1, 0.15) is 303 Å². The third-order valence-electron chi connectivity index (χ3n) is 14.1. The maximum atomic E-state index is 12.8. The molecule has 0 amide bonds. The molecule has 0 aromatic carbocycles. The Bertz CT molecular complexity index is 1200. The van der Waals surface area contributed by atoms with E-state index in [0.29, 0.717) is 12.8 Å². The highest BCUT2D eigenvalue weighted by atomic mass is 16.6. The van der Waals surface area contributed by atoms with Gasteiger partial charge in [0.05, 0.1) is 40.3 Å². The van der Waals surface area contributed by atoms with Crippen LogP contribution in [0.5, 0.6) is 0 Å². The second kappa shape index (κ2) is 53.1. The number of hydrogen-bond donors (Lipinski definition) is 0. The van der Waals surface area contributed by atoms with Crippen LogP contribution in [0.25, 0.3) is 0 Å². The van der Waals surface area contributed by atoms with Crippen molar-refractivity contribution in [2.75, 3.05) is 41.0 Å². The fourth-order valence-corrected chi connectivity index (χ4v) is 9.40. The summed E-state index contributed by atoms with van der Waals surface area (Å²) >= 11 is 0. The van der Waals surface area contributed by atoms with E-state index in [4.69, 9.17) is 14.2 Å². The second-order valence-corrected chi connectivity index (χ2v) is 21.9. The summed E-state index contributed by atoms with van der Waals surface area (Å²) in [7, 11) is 5.44. The molecule has 0 aliphatic heterocycles. The summed E-state index contributed by atoms with van der Waals surface area (Å²) in [6.07, 6.45) is 63.7. The van der Waals surface area contributed by atoms with Crippen molar-refractivity contribution in [3.8, 4) is 0 Å². The lowest BCUT2D eigenvalue weighted by molar-refractivity contribution is -0.889. The van der Waals surface area contributed by atoms with Crippen LogP contribution in [-0.4, -0.2) is 75.5 Å². The van der Waals surface area contributed by atoms with Gasteiger partial charge in [-0.3, -0.25) is 9.59 Å². The number of aliphatic carboxylic acids is 1. The molecule has 0 N–H and O–H groups in total. The highest BCUT2D eigenvalue weighted by Gasteiger charge is 2.25. The number of ether oxygens (including phenoxy) is 3. The number of quaternary nitrogens is 1. The molecular formula is C62H117NO7. The lowest BCUT2D eigenvalue weighted by Gasteiger charge is -2.34. The fourth-order valence-electron chi connectivity index (χ4n) is 9.40. The van der Waals surface area contributed by atoms with Crippen molar-refractivity contribution in [2.24, 2.45) is 0 Å². The summed E-state index contributed by atoms with van der Waals surface area (Å²) in [5, 5.41) is 11.7. The number of carboxylic acid groups (broad SMARTS) is 1. The minimum Gasteiger partial charge on any atom is -0.544 e. The minimum atomic E-state index is -1.12. The topological polar surface area (TPSA) is 102 Å². The molecule has 70 heavy (non-hydrogen) atoms. The van der Waals surface area contributed by atoms with Gasteiger partial charge in [0.2, 0.25) is 0 Å². The van der Waals surface area contributed by atoms with E-state index in [1.54, 1.807) is 0 Å². The molecule has 2 atom stereocenters. The molecule has 8 nitrogen and oxygen atoms in total. The smallest absolute Gasteiger partial charge is 0.306 e. The first kappa shape index (κ1) is 67.8. The van der Waals surface area contributed by atoms with E-state index in [2.05, 4.69) is 38.2 Å². The molecule has 0 aromatic heterocycles. The lowest BCUT2D eigenvalue weighted by atomic mass is 10.0. The highest BCUT2D eigenvalue weighted by Crippen LogP contribution is 2.18. The van der Waals surface area contributed by atoms with Crippen LogP contribution in [0.3, 0.4) is 0 Å². The Balaban J connectivity index is 4.10. The van der Waals surface area contributed by atoms with Gasteiger partial charge in [-0.2, -0.15) is 0 Å². The van der Waals surface area contributed by atoms with Crippen molar-refractivity contribution in [1.29, 1.82) is 0 Å². The molecule has 0 aromatic rings. The van der Waals surface area contributed by atoms with Gasteiger partial charge in [-0.1, -0.05) is 263 Å². The number of esters is 2. The number of likely N-dealkylation sites (N-methyl/N-ethyl adjacent to an activating group) is 1. The van der Waals surface area contributed by atoms with Crippen LogP contribution in [0.4, 0.5) is 0 Å². The standard InChI is InChI=1S/C62H117NO7/c1-6-8-10-12-14-16-18-20-22-24-26-28-30-32-34-36-38-40-42-44-46-48-50-52-60(64)69-57-58(56-68-55-54-59(62(66)67)63(3,4)5)70-61(65)53-51-49-47-45-43-41-39-37-35-33-31-29-27-25-23-21-19-17-15-13-11-9-7-2/h19,21,25,27,58-59H,6-18,20,22-24,26,28-57H2,1-5H3/b21-19-,27-25-.